The van der Waals surface area contributed by atoms with Gasteiger partial charge in [-0.25, -0.2) is 0 Å². The number of nitriles is 1. The Hall–Kier alpha value is -1.59. The topological polar surface area (TPSA) is 110 Å². The van der Waals surface area contributed by atoms with Crippen molar-refractivity contribution in [1.29, 1.82) is 5.26 Å². The summed E-state index contributed by atoms with van der Waals surface area (Å²) in [6.07, 6.45) is 0. The van der Waals surface area contributed by atoms with Crippen molar-refractivity contribution in [2.24, 2.45) is 5.73 Å². The summed E-state index contributed by atoms with van der Waals surface area (Å²) in [5.74, 6) is 0.705. The van der Waals surface area contributed by atoms with E-state index < -0.39 is 0 Å². The molecule has 0 saturated heterocycles. The van der Waals surface area contributed by atoms with Crippen molar-refractivity contribution in [3.05, 3.63) is 5.82 Å². The van der Waals surface area contributed by atoms with Gasteiger partial charge in [-0.05, 0) is 13.8 Å². The van der Waals surface area contributed by atoms with Gasteiger partial charge in [0.25, 0.3) is 0 Å². The molecule has 18 heavy (non-hydrogen) atoms. The van der Waals surface area contributed by atoms with E-state index in [1.807, 2.05) is 24.5 Å². The highest BCUT2D eigenvalue weighted by atomic mass is 32.2. The summed E-state index contributed by atoms with van der Waals surface area (Å²) < 4.78 is 1.90. The fraction of sp³-hybridized carbons (Fsp3) is 0.600. The van der Waals surface area contributed by atoms with E-state index in [2.05, 4.69) is 15.5 Å². The normalized spacial score (nSPS) is 10.4. The fourth-order valence-electron chi connectivity index (χ4n) is 1.38. The van der Waals surface area contributed by atoms with Gasteiger partial charge in [-0.15, -0.1) is 10.2 Å². The first-order chi connectivity index (χ1) is 8.60. The summed E-state index contributed by atoms with van der Waals surface area (Å²) in [6, 6.07) is 2.03. The van der Waals surface area contributed by atoms with Crippen LogP contribution in [0.5, 0.6) is 0 Å². The molecule has 1 aromatic rings. The van der Waals surface area contributed by atoms with Crippen LogP contribution in [-0.2, 0) is 11.3 Å². The number of amides is 1. The Bertz CT molecular complexity index is 450. The second-order valence-electron chi connectivity index (χ2n) is 3.79. The lowest BCUT2D eigenvalue weighted by molar-refractivity contribution is -0.118. The summed E-state index contributed by atoms with van der Waals surface area (Å²) in [4.78, 5) is 11.4. The maximum Gasteiger partial charge on any atom is 0.231 e. The lowest BCUT2D eigenvalue weighted by Gasteiger charge is -2.12. The molecule has 0 aliphatic rings. The molecule has 98 valence electrons. The van der Waals surface area contributed by atoms with Gasteiger partial charge in [0, 0.05) is 6.04 Å². The second-order valence-corrected chi connectivity index (χ2v) is 4.73. The van der Waals surface area contributed by atoms with Crippen molar-refractivity contribution in [3.8, 4) is 6.07 Å². The number of nitrogens with two attached hydrogens (primary N) is 1. The highest BCUT2D eigenvalue weighted by Gasteiger charge is 2.15. The molecule has 0 saturated carbocycles. The lowest BCUT2D eigenvalue weighted by Crippen LogP contribution is -2.25. The second kappa shape index (κ2) is 6.98. The SMILES string of the molecule is CC(C)n1c(CN)nnc1SCC(=O)NCC#N. The smallest absolute Gasteiger partial charge is 0.231 e. The fourth-order valence-corrected chi connectivity index (χ4v) is 2.30. The highest BCUT2D eigenvalue weighted by molar-refractivity contribution is 7.99. The first kappa shape index (κ1) is 14.5. The van der Waals surface area contributed by atoms with Crippen molar-refractivity contribution in [2.75, 3.05) is 12.3 Å². The number of hydrogen-bond acceptors (Lipinski definition) is 6. The van der Waals surface area contributed by atoms with Crippen LogP contribution in [0.25, 0.3) is 0 Å². The first-order valence-electron chi connectivity index (χ1n) is 5.50. The van der Waals surface area contributed by atoms with Gasteiger partial charge in [0.15, 0.2) is 5.16 Å². The molecule has 1 aromatic heterocycles. The van der Waals surface area contributed by atoms with E-state index in [9.17, 15) is 4.79 Å². The first-order valence-corrected chi connectivity index (χ1v) is 6.49. The van der Waals surface area contributed by atoms with Gasteiger partial charge < -0.3 is 15.6 Å². The minimum Gasteiger partial charge on any atom is -0.342 e. The monoisotopic (exact) mass is 268 g/mol. The zero-order valence-corrected chi connectivity index (χ0v) is 11.2. The molecule has 0 atom stereocenters. The molecule has 3 N–H and O–H groups in total. The van der Waals surface area contributed by atoms with Crippen molar-refractivity contribution >= 4 is 17.7 Å². The van der Waals surface area contributed by atoms with E-state index in [1.54, 1.807) is 0 Å². The Morgan fingerprint density at radius 1 is 1.61 bits per heavy atom. The lowest BCUT2D eigenvalue weighted by atomic mass is 10.4. The number of hydrogen-bond donors (Lipinski definition) is 2. The zero-order chi connectivity index (χ0) is 13.5. The van der Waals surface area contributed by atoms with Crippen LogP contribution >= 0.6 is 11.8 Å². The molecule has 1 amide bonds. The molecule has 7 nitrogen and oxygen atoms in total. The molecule has 0 aliphatic carbocycles. The molecule has 0 spiro atoms. The third kappa shape index (κ3) is 3.72. The number of carbonyl (C=O) groups excluding carboxylic acids is 1. The number of carbonyl (C=O) groups is 1. The van der Waals surface area contributed by atoms with Gasteiger partial charge in [-0.3, -0.25) is 4.79 Å². The van der Waals surface area contributed by atoms with Gasteiger partial charge in [-0.1, -0.05) is 11.8 Å². The quantitative estimate of drug-likeness (QED) is 0.557. The van der Waals surface area contributed by atoms with E-state index in [1.165, 1.54) is 11.8 Å². The van der Waals surface area contributed by atoms with Crippen LogP contribution < -0.4 is 11.1 Å². The zero-order valence-electron chi connectivity index (χ0n) is 10.4. The van der Waals surface area contributed by atoms with Crippen LogP contribution in [0.3, 0.4) is 0 Å². The maximum absolute atomic E-state index is 11.4. The van der Waals surface area contributed by atoms with Gasteiger partial charge in [0.1, 0.15) is 12.4 Å². The van der Waals surface area contributed by atoms with Crippen LogP contribution in [0.4, 0.5) is 0 Å². The van der Waals surface area contributed by atoms with Crippen LogP contribution in [-0.4, -0.2) is 33.0 Å². The van der Waals surface area contributed by atoms with E-state index in [0.717, 1.165) is 0 Å². The van der Waals surface area contributed by atoms with Gasteiger partial charge in [-0.2, -0.15) is 5.26 Å². The third-order valence-electron chi connectivity index (χ3n) is 2.13. The Balaban J connectivity index is 2.65. The average Bonchev–Trinajstić information content (AvgIpc) is 2.76. The van der Waals surface area contributed by atoms with E-state index in [0.29, 0.717) is 17.5 Å². The molecular formula is C10H16N6OS. The number of thioether (sulfide) groups is 1. The third-order valence-corrected chi connectivity index (χ3v) is 3.07. The summed E-state index contributed by atoms with van der Waals surface area (Å²) >= 11 is 1.28. The summed E-state index contributed by atoms with van der Waals surface area (Å²) in [5.41, 5.74) is 5.58. The molecule has 1 heterocycles. The van der Waals surface area contributed by atoms with E-state index in [-0.39, 0.29) is 24.2 Å². The van der Waals surface area contributed by atoms with Gasteiger partial charge in [0.05, 0.1) is 18.4 Å². The molecular weight excluding hydrogens is 252 g/mol. The molecule has 8 heteroatoms. The molecule has 0 aliphatic heterocycles. The van der Waals surface area contributed by atoms with Crippen LogP contribution in [0.2, 0.25) is 0 Å². The Morgan fingerprint density at radius 3 is 2.89 bits per heavy atom. The molecule has 0 aromatic carbocycles. The Morgan fingerprint density at radius 2 is 2.33 bits per heavy atom. The average molecular weight is 268 g/mol. The summed E-state index contributed by atoms with van der Waals surface area (Å²) in [6.45, 7) is 4.33. The van der Waals surface area contributed by atoms with Crippen molar-refractivity contribution < 1.29 is 4.79 Å². The Kier molecular flexibility index (Phi) is 5.61. The largest absolute Gasteiger partial charge is 0.342 e. The summed E-state index contributed by atoms with van der Waals surface area (Å²) in [7, 11) is 0. The van der Waals surface area contributed by atoms with Crippen molar-refractivity contribution in [2.45, 2.75) is 31.6 Å². The van der Waals surface area contributed by atoms with Crippen molar-refractivity contribution in [1.82, 2.24) is 20.1 Å². The van der Waals surface area contributed by atoms with Gasteiger partial charge >= 0.3 is 0 Å². The predicted octanol–water partition coefficient (Wildman–Crippen LogP) is 0.0496. The molecule has 0 unspecified atom stereocenters. The van der Waals surface area contributed by atoms with E-state index in [4.69, 9.17) is 11.0 Å². The predicted molar refractivity (Wildman–Crippen MR) is 67.6 cm³/mol. The standard InChI is InChI=1S/C10H16N6OS/c1-7(2)16-8(5-12)14-15-10(16)18-6-9(17)13-4-3-11/h7H,4-6,12H2,1-2H3,(H,13,17). The number of aromatic nitrogens is 3. The molecule has 0 bridgehead atoms. The Labute approximate surface area is 110 Å². The number of nitrogens with zero attached hydrogens (tertiary/aromatic N) is 4. The molecule has 0 fully saturated rings. The van der Waals surface area contributed by atoms with E-state index >= 15 is 0 Å². The minimum absolute atomic E-state index is 0.0182. The minimum atomic E-state index is -0.200. The highest BCUT2D eigenvalue weighted by Crippen LogP contribution is 2.20. The number of rotatable bonds is 6. The van der Waals surface area contributed by atoms with Crippen LogP contribution in [0.1, 0.15) is 25.7 Å². The van der Waals surface area contributed by atoms with Crippen LogP contribution in [0, 0.1) is 11.3 Å². The van der Waals surface area contributed by atoms with Crippen LogP contribution in [0.15, 0.2) is 5.16 Å². The number of nitrogens with one attached hydrogen (secondary N) is 1. The molecule has 1 rings (SSSR count). The maximum atomic E-state index is 11.4. The molecule has 0 radical (unpaired) electrons. The van der Waals surface area contributed by atoms with Gasteiger partial charge in [0.2, 0.25) is 5.91 Å². The van der Waals surface area contributed by atoms with Crippen molar-refractivity contribution in [3.63, 3.8) is 0 Å². The summed E-state index contributed by atoms with van der Waals surface area (Å²) in [5, 5.41) is 19.5.